The number of allylic oxidation sites excluding steroid dienone is 2. The highest BCUT2D eigenvalue weighted by atomic mass is 32.1. The molecule has 0 spiro atoms. The van der Waals surface area contributed by atoms with Crippen LogP contribution < -0.4 is 10.6 Å². The summed E-state index contributed by atoms with van der Waals surface area (Å²) in [6, 6.07) is 6.32. The number of aryl methyl sites for hydroxylation is 1. The Morgan fingerprint density at radius 2 is 1.80 bits per heavy atom. The van der Waals surface area contributed by atoms with Crippen molar-refractivity contribution in [2.45, 2.75) is 96.1 Å². The molecule has 0 saturated carbocycles. The normalized spacial score (nSPS) is 18.2. The van der Waals surface area contributed by atoms with Crippen molar-refractivity contribution in [3.05, 3.63) is 57.7 Å². The minimum Gasteiger partial charge on any atom is -0.491 e. The van der Waals surface area contributed by atoms with Crippen LogP contribution in [0.3, 0.4) is 0 Å². The number of aliphatic hydroxyl groups is 4. The van der Waals surface area contributed by atoms with Gasteiger partial charge in [-0.3, -0.25) is 0 Å². The van der Waals surface area contributed by atoms with Crippen molar-refractivity contribution in [2.24, 2.45) is 0 Å². The first kappa shape index (κ1) is 32.8. The maximum absolute atomic E-state index is 11.4. The highest BCUT2D eigenvalue weighted by Crippen LogP contribution is 2.28. The molecule has 2 aromatic heterocycles. The van der Waals surface area contributed by atoms with E-state index < -0.39 is 30.4 Å². The van der Waals surface area contributed by atoms with Crippen LogP contribution >= 0.6 is 11.3 Å². The Labute approximate surface area is 245 Å². The number of esters is 1. The number of hydrogen-bond acceptors (Lipinski definition) is 9. The fourth-order valence-corrected chi connectivity index (χ4v) is 5.39. The van der Waals surface area contributed by atoms with E-state index in [0.717, 1.165) is 35.1 Å². The summed E-state index contributed by atoms with van der Waals surface area (Å²) in [5.41, 5.74) is 0.963. The Bertz CT molecular complexity index is 1270. The molecule has 0 aliphatic heterocycles. The Morgan fingerprint density at radius 3 is 2.56 bits per heavy atom. The van der Waals surface area contributed by atoms with Crippen molar-refractivity contribution < 1.29 is 39.1 Å². The van der Waals surface area contributed by atoms with Gasteiger partial charge in [-0.15, -0.1) is 11.3 Å². The molecular formula is C32H44O8S. The van der Waals surface area contributed by atoms with Crippen LogP contribution in [0.15, 0.2) is 46.6 Å². The first-order chi connectivity index (χ1) is 19.7. The van der Waals surface area contributed by atoms with Gasteiger partial charge in [0.05, 0.1) is 29.8 Å². The molecule has 0 saturated heterocycles. The number of carbonyl (C=O) groups excluding carboxylic acids is 1. The summed E-state index contributed by atoms with van der Waals surface area (Å²) < 4.78 is 17.0. The van der Waals surface area contributed by atoms with Gasteiger partial charge in [-0.2, -0.15) is 0 Å². The topological polar surface area (TPSA) is 130 Å². The third kappa shape index (κ3) is 10.6. The number of aliphatic hydroxyl groups excluding tert-OH is 4. The zero-order valence-corrected chi connectivity index (χ0v) is 24.9. The first-order valence-electron chi connectivity index (χ1n) is 14.5. The van der Waals surface area contributed by atoms with Crippen molar-refractivity contribution in [3.63, 3.8) is 0 Å². The van der Waals surface area contributed by atoms with Gasteiger partial charge >= 0.3 is 5.97 Å². The van der Waals surface area contributed by atoms with Crippen molar-refractivity contribution >= 4 is 29.5 Å². The van der Waals surface area contributed by atoms with Crippen LogP contribution in [-0.4, -0.2) is 64.0 Å². The minimum atomic E-state index is -1.31. The molecule has 2 heterocycles. The zero-order valence-electron chi connectivity index (χ0n) is 24.1. The van der Waals surface area contributed by atoms with Gasteiger partial charge in [0, 0.05) is 28.2 Å². The Morgan fingerprint density at radius 1 is 1.05 bits per heavy atom. The van der Waals surface area contributed by atoms with Crippen molar-refractivity contribution in [1.82, 2.24) is 0 Å². The number of ether oxygens (including phenoxy) is 2. The number of fused-ring (bicyclic) bond motifs is 1. The molecule has 9 heteroatoms. The van der Waals surface area contributed by atoms with Gasteiger partial charge in [-0.1, -0.05) is 32.4 Å². The van der Waals surface area contributed by atoms with E-state index in [9.17, 15) is 25.2 Å². The average molecular weight is 589 g/mol. The SMILES string of the molecule is C=C(C)C(=O)OCCCC(O)C(O)CC(O)C(O)COC1=C/CCC=c2cc(-c3ccc(CCCCC)s3)o\c2=C\1. The maximum atomic E-state index is 11.4. The third-order valence-electron chi connectivity index (χ3n) is 6.89. The van der Waals surface area contributed by atoms with Crippen molar-refractivity contribution in [3.8, 4) is 10.6 Å². The number of thiophene rings is 1. The molecular weight excluding hydrogens is 544 g/mol. The second-order valence-electron chi connectivity index (χ2n) is 10.6. The predicted octanol–water partition coefficient (Wildman–Crippen LogP) is 3.73. The summed E-state index contributed by atoms with van der Waals surface area (Å²) in [6.45, 7) is 7.14. The van der Waals surface area contributed by atoms with E-state index in [2.05, 4.69) is 31.7 Å². The number of carbonyl (C=O) groups is 1. The highest BCUT2D eigenvalue weighted by molar-refractivity contribution is 7.15. The van der Waals surface area contributed by atoms with E-state index in [-0.39, 0.29) is 31.6 Å². The van der Waals surface area contributed by atoms with Crippen LogP contribution in [-0.2, 0) is 20.7 Å². The monoisotopic (exact) mass is 588 g/mol. The number of hydrogen-bond donors (Lipinski definition) is 4. The number of rotatable bonds is 17. The Kier molecular flexibility index (Phi) is 13.3. The molecule has 4 unspecified atom stereocenters. The van der Waals surface area contributed by atoms with Gasteiger partial charge in [-0.25, -0.2) is 4.79 Å². The van der Waals surface area contributed by atoms with Gasteiger partial charge < -0.3 is 34.3 Å². The molecule has 1 aliphatic rings. The summed E-state index contributed by atoms with van der Waals surface area (Å²) >= 11 is 1.75. The maximum Gasteiger partial charge on any atom is 0.333 e. The predicted molar refractivity (Wildman–Crippen MR) is 160 cm³/mol. The smallest absolute Gasteiger partial charge is 0.333 e. The van der Waals surface area contributed by atoms with Crippen LogP contribution in [0.25, 0.3) is 22.8 Å². The van der Waals surface area contributed by atoms with Crippen LogP contribution in [0.2, 0.25) is 0 Å². The molecule has 0 aromatic carbocycles. The summed E-state index contributed by atoms with van der Waals surface area (Å²) in [4.78, 5) is 13.8. The van der Waals surface area contributed by atoms with Gasteiger partial charge in [0.25, 0.3) is 0 Å². The highest BCUT2D eigenvalue weighted by Gasteiger charge is 2.25. The largest absolute Gasteiger partial charge is 0.491 e. The molecule has 4 N–H and O–H groups in total. The summed E-state index contributed by atoms with van der Waals surface area (Å²) in [5.74, 6) is 0.835. The molecule has 1 aliphatic carbocycles. The fraction of sp³-hybridized carbons (Fsp3) is 0.531. The van der Waals surface area contributed by atoms with E-state index in [1.165, 1.54) is 24.1 Å². The van der Waals surface area contributed by atoms with E-state index in [1.54, 1.807) is 24.3 Å². The molecule has 4 atom stereocenters. The quantitative estimate of drug-likeness (QED) is 0.125. The lowest BCUT2D eigenvalue weighted by Crippen LogP contribution is -2.37. The third-order valence-corrected chi connectivity index (χ3v) is 8.05. The molecule has 0 bridgehead atoms. The Balaban J connectivity index is 1.52. The summed E-state index contributed by atoms with van der Waals surface area (Å²) in [7, 11) is 0. The van der Waals surface area contributed by atoms with Crippen molar-refractivity contribution in [2.75, 3.05) is 13.2 Å². The van der Waals surface area contributed by atoms with Crippen LogP contribution in [0, 0.1) is 0 Å². The summed E-state index contributed by atoms with van der Waals surface area (Å²) in [5, 5.41) is 42.3. The zero-order chi connectivity index (χ0) is 29.8. The molecule has 41 heavy (non-hydrogen) atoms. The van der Waals surface area contributed by atoms with E-state index in [0.29, 0.717) is 17.6 Å². The van der Waals surface area contributed by atoms with Crippen LogP contribution in [0.1, 0.15) is 70.1 Å². The second-order valence-corrected chi connectivity index (χ2v) is 11.7. The molecule has 0 radical (unpaired) electrons. The fourth-order valence-electron chi connectivity index (χ4n) is 4.39. The van der Waals surface area contributed by atoms with Crippen molar-refractivity contribution in [1.29, 1.82) is 0 Å². The van der Waals surface area contributed by atoms with E-state index in [4.69, 9.17) is 13.9 Å². The molecule has 0 amide bonds. The van der Waals surface area contributed by atoms with Gasteiger partial charge in [0.2, 0.25) is 0 Å². The molecule has 0 fully saturated rings. The second kappa shape index (κ2) is 16.7. The van der Waals surface area contributed by atoms with Gasteiger partial charge in [0.15, 0.2) is 0 Å². The standard InChI is InChI=1S/C32H44O8S/c1-4-5-6-12-24-14-15-31(41-24)30-17-22-10-7-8-11-23(18-29(22)40-30)39-20-28(36)27(35)19-26(34)25(33)13-9-16-38-32(37)21(2)3/h10-11,14-15,17-18,25-28,33-36H,2,4-9,12-13,16,19-20H2,1,3H3/b22-10?,23-11+,29-18+. The van der Waals surface area contributed by atoms with E-state index in [1.807, 2.05) is 12.1 Å². The molecule has 3 rings (SSSR count). The molecule has 226 valence electrons. The first-order valence-corrected chi connectivity index (χ1v) is 15.3. The Hall–Kier alpha value is -2.69. The summed E-state index contributed by atoms with van der Waals surface area (Å²) in [6.07, 6.45) is 7.39. The minimum absolute atomic E-state index is 0.0875. The average Bonchev–Trinajstić information content (AvgIpc) is 3.56. The van der Waals surface area contributed by atoms with Gasteiger partial charge in [0.1, 0.15) is 29.6 Å². The lowest BCUT2D eigenvalue weighted by molar-refractivity contribution is -0.139. The van der Waals surface area contributed by atoms with Crippen LogP contribution in [0.5, 0.6) is 0 Å². The molecule has 8 nitrogen and oxygen atoms in total. The lowest BCUT2D eigenvalue weighted by Gasteiger charge is -2.24. The molecule has 2 aromatic rings. The number of unbranched alkanes of at least 4 members (excludes halogenated alkanes) is 2. The lowest BCUT2D eigenvalue weighted by atomic mass is 10.0. The number of furan rings is 1. The van der Waals surface area contributed by atoms with E-state index >= 15 is 0 Å². The van der Waals surface area contributed by atoms with Crippen LogP contribution in [0.4, 0.5) is 0 Å². The van der Waals surface area contributed by atoms with Gasteiger partial charge in [-0.05, 0) is 69.7 Å².